The summed E-state index contributed by atoms with van der Waals surface area (Å²) in [5, 5.41) is 11.3. The largest absolute Gasteiger partial charge is 0.455 e. The number of aromatic nitrogens is 2. The molecular formula is C24H22Cl2FN3O2. The molecule has 8 heteroatoms. The lowest BCUT2D eigenvalue weighted by Gasteiger charge is -2.15. The molecule has 1 aromatic heterocycles. The number of hydrogen-bond acceptors (Lipinski definition) is 4. The molecule has 0 saturated heterocycles. The maximum absolute atomic E-state index is 14.8. The van der Waals surface area contributed by atoms with Crippen LogP contribution < -0.4 is 10.1 Å². The maximum atomic E-state index is 14.8. The zero-order valence-electron chi connectivity index (χ0n) is 17.4. The number of ether oxygens (including phenoxy) is 1. The molecule has 1 aliphatic rings. The Labute approximate surface area is 195 Å². The van der Waals surface area contributed by atoms with Crippen LogP contribution in [0.2, 0.25) is 10.0 Å². The molecule has 1 atom stereocenters. The van der Waals surface area contributed by atoms with Crippen LogP contribution in [0.5, 0.6) is 11.5 Å². The molecule has 1 unspecified atom stereocenters. The molecular weight excluding hydrogens is 452 g/mol. The summed E-state index contributed by atoms with van der Waals surface area (Å²) in [6.07, 6.45) is 2.73. The van der Waals surface area contributed by atoms with Gasteiger partial charge in [-0.2, -0.15) is 10.2 Å². The number of alkyl halides is 1. The molecule has 2 aromatic carbocycles. The molecule has 1 amide bonds. The topological polar surface area (TPSA) is 64.1 Å². The minimum Gasteiger partial charge on any atom is -0.455 e. The van der Waals surface area contributed by atoms with E-state index in [0.717, 1.165) is 0 Å². The number of carbonyl (C=O) groups is 1. The van der Waals surface area contributed by atoms with Crippen LogP contribution in [0, 0.1) is 0 Å². The van der Waals surface area contributed by atoms with Crippen molar-refractivity contribution in [1.29, 1.82) is 0 Å². The van der Waals surface area contributed by atoms with E-state index >= 15 is 0 Å². The van der Waals surface area contributed by atoms with Crippen molar-refractivity contribution in [3.63, 3.8) is 0 Å². The first-order valence-electron chi connectivity index (χ1n) is 10.5. The second-order valence-corrected chi connectivity index (χ2v) is 8.52. The summed E-state index contributed by atoms with van der Waals surface area (Å²) < 4.78 is 20.8. The van der Waals surface area contributed by atoms with Gasteiger partial charge in [0.05, 0.1) is 18.4 Å². The van der Waals surface area contributed by atoms with Crippen molar-refractivity contribution in [2.45, 2.75) is 38.3 Å². The molecule has 1 aliphatic carbocycles. The van der Waals surface area contributed by atoms with Crippen molar-refractivity contribution in [3.05, 3.63) is 81.1 Å². The molecule has 1 fully saturated rings. The van der Waals surface area contributed by atoms with Crippen molar-refractivity contribution in [2.75, 3.05) is 6.54 Å². The van der Waals surface area contributed by atoms with E-state index in [1.807, 2.05) is 25.1 Å². The van der Waals surface area contributed by atoms with Crippen LogP contribution in [0.3, 0.4) is 0 Å². The molecule has 3 aromatic rings. The quantitative estimate of drug-likeness (QED) is 0.407. The summed E-state index contributed by atoms with van der Waals surface area (Å²) in [6.45, 7) is 1.60. The van der Waals surface area contributed by atoms with Gasteiger partial charge in [-0.15, -0.1) is 0 Å². The van der Waals surface area contributed by atoms with Crippen LogP contribution in [0.4, 0.5) is 4.39 Å². The van der Waals surface area contributed by atoms with E-state index in [2.05, 4.69) is 21.6 Å². The third-order valence-corrected chi connectivity index (χ3v) is 5.89. The Bertz CT molecular complexity index is 1140. The van der Waals surface area contributed by atoms with Crippen LogP contribution in [-0.4, -0.2) is 22.6 Å². The van der Waals surface area contributed by atoms with Crippen LogP contribution >= 0.6 is 23.2 Å². The standard InChI is InChI=1S/C24H22Cl2FN3O2/c1-2-21-23(24(31)28-12-20(27)18-9-8-16(25)11-19(18)26)22(13-29-30-21)32-17-5-3-4-15(10-17)14-6-7-14/h3-5,8-11,13-14,20H,2,6-7,12H2,1H3,(H,28,31). The van der Waals surface area contributed by atoms with E-state index in [0.29, 0.717) is 28.8 Å². The molecule has 1 N–H and O–H groups in total. The number of nitrogens with one attached hydrogen (secondary N) is 1. The summed E-state index contributed by atoms with van der Waals surface area (Å²) in [7, 11) is 0. The Morgan fingerprint density at radius 1 is 1.25 bits per heavy atom. The molecule has 0 bridgehead atoms. The van der Waals surface area contributed by atoms with Crippen molar-refractivity contribution >= 4 is 29.1 Å². The second kappa shape index (κ2) is 9.84. The summed E-state index contributed by atoms with van der Waals surface area (Å²) in [5.74, 6) is 0.985. The molecule has 1 heterocycles. The van der Waals surface area contributed by atoms with Crippen LogP contribution in [0.15, 0.2) is 48.7 Å². The lowest BCUT2D eigenvalue weighted by Crippen LogP contribution is -2.29. The van der Waals surface area contributed by atoms with Crippen LogP contribution in [0.1, 0.15) is 59.0 Å². The van der Waals surface area contributed by atoms with Gasteiger partial charge in [-0.05, 0) is 55.0 Å². The SMILES string of the molecule is CCc1nncc(Oc2cccc(C3CC3)c2)c1C(=O)NCC(F)c1ccc(Cl)cc1Cl. The Morgan fingerprint density at radius 3 is 2.78 bits per heavy atom. The first-order valence-corrected chi connectivity index (χ1v) is 11.2. The monoisotopic (exact) mass is 473 g/mol. The van der Waals surface area contributed by atoms with Crippen LogP contribution in [0.25, 0.3) is 0 Å². The first kappa shape index (κ1) is 22.5. The highest BCUT2D eigenvalue weighted by Gasteiger charge is 2.25. The summed E-state index contributed by atoms with van der Waals surface area (Å²) in [5.41, 5.74) is 2.19. The third-order valence-electron chi connectivity index (χ3n) is 5.33. The Kier molecular flexibility index (Phi) is 6.92. The fourth-order valence-corrected chi connectivity index (χ4v) is 4.01. The highest BCUT2D eigenvalue weighted by molar-refractivity contribution is 6.35. The second-order valence-electron chi connectivity index (χ2n) is 7.68. The van der Waals surface area contributed by atoms with E-state index in [-0.39, 0.29) is 28.4 Å². The number of nitrogens with zero attached hydrogens (tertiary/aromatic N) is 2. The maximum Gasteiger partial charge on any atom is 0.257 e. The average Bonchev–Trinajstić information content (AvgIpc) is 3.63. The van der Waals surface area contributed by atoms with Crippen molar-refractivity contribution < 1.29 is 13.9 Å². The average molecular weight is 474 g/mol. The number of rotatable bonds is 8. The van der Waals surface area contributed by atoms with Gasteiger partial charge in [0.2, 0.25) is 0 Å². The van der Waals surface area contributed by atoms with E-state index in [1.54, 1.807) is 6.07 Å². The Morgan fingerprint density at radius 2 is 2.06 bits per heavy atom. The minimum atomic E-state index is -1.50. The molecule has 32 heavy (non-hydrogen) atoms. The number of amides is 1. The predicted molar refractivity (Wildman–Crippen MR) is 123 cm³/mol. The normalized spacial score (nSPS) is 14.1. The lowest BCUT2D eigenvalue weighted by molar-refractivity contribution is 0.0937. The van der Waals surface area contributed by atoms with Gasteiger partial charge in [-0.1, -0.05) is 48.3 Å². The third kappa shape index (κ3) is 5.19. The summed E-state index contributed by atoms with van der Waals surface area (Å²) in [6, 6.07) is 12.3. The number of halogens is 3. The molecule has 0 spiro atoms. The fraction of sp³-hybridized carbons (Fsp3) is 0.292. The van der Waals surface area contributed by atoms with Crippen molar-refractivity contribution in [3.8, 4) is 11.5 Å². The van der Waals surface area contributed by atoms with Gasteiger partial charge in [0.1, 0.15) is 17.5 Å². The molecule has 0 aliphatic heterocycles. The van der Waals surface area contributed by atoms with E-state index < -0.39 is 12.1 Å². The van der Waals surface area contributed by atoms with E-state index in [4.69, 9.17) is 27.9 Å². The van der Waals surface area contributed by atoms with Gasteiger partial charge in [0, 0.05) is 15.6 Å². The van der Waals surface area contributed by atoms with E-state index in [9.17, 15) is 9.18 Å². The Balaban J connectivity index is 1.52. The molecule has 0 radical (unpaired) electrons. The predicted octanol–water partition coefficient (Wildman–Crippen LogP) is 6.46. The van der Waals surface area contributed by atoms with Crippen molar-refractivity contribution in [2.24, 2.45) is 0 Å². The number of benzene rings is 2. The highest BCUT2D eigenvalue weighted by atomic mass is 35.5. The van der Waals surface area contributed by atoms with Gasteiger partial charge < -0.3 is 10.1 Å². The number of hydrogen-bond donors (Lipinski definition) is 1. The van der Waals surface area contributed by atoms with Gasteiger partial charge in [0.15, 0.2) is 5.75 Å². The van der Waals surface area contributed by atoms with Gasteiger partial charge in [-0.3, -0.25) is 4.79 Å². The zero-order chi connectivity index (χ0) is 22.7. The fourth-order valence-electron chi connectivity index (χ4n) is 3.49. The molecule has 5 nitrogen and oxygen atoms in total. The van der Waals surface area contributed by atoms with Gasteiger partial charge in [0.25, 0.3) is 5.91 Å². The Hall–Kier alpha value is -2.70. The first-order chi connectivity index (χ1) is 15.5. The molecule has 166 valence electrons. The smallest absolute Gasteiger partial charge is 0.257 e. The zero-order valence-corrected chi connectivity index (χ0v) is 19.0. The summed E-state index contributed by atoms with van der Waals surface area (Å²) in [4.78, 5) is 13.0. The minimum absolute atomic E-state index is 0.207. The highest BCUT2D eigenvalue weighted by Crippen LogP contribution is 2.41. The lowest BCUT2D eigenvalue weighted by atomic mass is 10.1. The molecule has 1 saturated carbocycles. The van der Waals surface area contributed by atoms with Gasteiger partial charge >= 0.3 is 0 Å². The number of carbonyl (C=O) groups excluding carboxylic acids is 1. The number of aryl methyl sites for hydroxylation is 1. The molecule has 4 rings (SSSR count). The van der Waals surface area contributed by atoms with Crippen molar-refractivity contribution in [1.82, 2.24) is 15.5 Å². The summed E-state index contributed by atoms with van der Waals surface area (Å²) >= 11 is 12.0. The van der Waals surface area contributed by atoms with Gasteiger partial charge in [-0.25, -0.2) is 4.39 Å². The van der Waals surface area contributed by atoms with E-state index in [1.165, 1.54) is 36.7 Å². The van der Waals surface area contributed by atoms with Crippen LogP contribution in [-0.2, 0) is 6.42 Å².